The van der Waals surface area contributed by atoms with Gasteiger partial charge < -0.3 is 19.7 Å². The van der Waals surface area contributed by atoms with Gasteiger partial charge in [-0.25, -0.2) is 0 Å². The van der Waals surface area contributed by atoms with Crippen LogP contribution in [0.3, 0.4) is 0 Å². The molecule has 0 radical (unpaired) electrons. The van der Waals surface area contributed by atoms with E-state index in [2.05, 4.69) is 19.1 Å². The topological polar surface area (TPSA) is 76.0 Å². The second kappa shape index (κ2) is 8.08. The molecule has 176 valence electrons. The molecule has 3 aromatic rings. The molecule has 1 saturated carbocycles. The lowest BCUT2D eigenvalue weighted by molar-refractivity contribution is -0.142. The molecule has 5 rings (SSSR count). The Kier molecular flexibility index (Phi) is 5.31. The summed E-state index contributed by atoms with van der Waals surface area (Å²) in [4.78, 5) is 11.7. The molecule has 0 saturated heterocycles. The molecular weight excluding hydrogens is 428 g/mol. The van der Waals surface area contributed by atoms with E-state index in [-0.39, 0.29) is 17.3 Å². The first-order valence-corrected chi connectivity index (χ1v) is 11.8. The first-order chi connectivity index (χ1) is 16.2. The van der Waals surface area contributed by atoms with Gasteiger partial charge in [0.15, 0.2) is 0 Å². The zero-order chi connectivity index (χ0) is 24.2. The van der Waals surface area contributed by atoms with Gasteiger partial charge in [-0.15, -0.1) is 0 Å². The van der Waals surface area contributed by atoms with Crippen molar-refractivity contribution in [3.8, 4) is 28.4 Å². The Morgan fingerprint density at radius 1 is 1.12 bits per heavy atom. The van der Waals surface area contributed by atoms with Gasteiger partial charge in [-0.2, -0.15) is 0 Å². The highest BCUT2D eigenvalue weighted by Gasteiger charge is 2.60. The molecule has 5 heteroatoms. The summed E-state index contributed by atoms with van der Waals surface area (Å²) in [7, 11) is 0. The van der Waals surface area contributed by atoms with Crippen molar-refractivity contribution in [3.05, 3.63) is 76.3 Å². The summed E-state index contributed by atoms with van der Waals surface area (Å²) in [6.07, 6.45) is 1.78. The summed E-state index contributed by atoms with van der Waals surface area (Å²) >= 11 is 0. The van der Waals surface area contributed by atoms with Crippen LogP contribution in [0.1, 0.15) is 53.5 Å². The lowest BCUT2D eigenvalue weighted by Gasteiger charge is -2.21. The molecule has 2 N–H and O–H groups in total. The van der Waals surface area contributed by atoms with Crippen molar-refractivity contribution in [2.45, 2.75) is 58.7 Å². The predicted molar refractivity (Wildman–Crippen MR) is 131 cm³/mol. The first-order valence-electron chi connectivity index (χ1n) is 11.8. The Hall–Kier alpha value is -3.47. The fourth-order valence-corrected chi connectivity index (χ4v) is 5.56. The van der Waals surface area contributed by atoms with Gasteiger partial charge in [0, 0.05) is 17.5 Å². The van der Waals surface area contributed by atoms with Crippen LogP contribution in [-0.4, -0.2) is 21.8 Å². The zero-order valence-electron chi connectivity index (χ0n) is 20.0. The summed E-state index contributed by atoms with van der Waals surface area (Å²) < 4.78 is 12.4. The molecule has 0 bridgehead atoms. The number of ether oxygens (including phenoxy) is 2. The van der Waals surface area contributed by atoms with Crippen LogP contribution < -0.4 is 9.47 Å². The second-order valence-electron chi connectivity index (χ2n) is 9.80. The van der Waals surface area contributed by atoms with Crippen molar-refractivity contribution in [2.24, 2.45) is 5.92 Å². The van der Waals surface area contributed by atoms with E-state index in [0.717, 1.165) is 57.5 Å². The van der Waals surface area contributed by atoms with Crippen molar-refractivity contribution >= 4 is 5.97 Å². The van der Waals surface area contributed by atoms with E-state index >= 15 is 0 Å². The van der Waals surface area contributed by atoms with Crippen LogP contribution in [0, 0.1) is 26.7 Å². The average molecular weight is 459 g/mol. The molecule has 0 amide bonds. The van der Waals surface area contributed by atoms with Crippen LogP contribution in [-0.2, 0) is 11.4 Å². The van der Waals surface area contributed by atoms with E-state index in [1.165, 1.54) is 0 Å². The standard InChI is InChI=1S/C29H30O5/c1-16-12-21(30)13-17(2)26(16)23-7-5-6-20(18(23)3)15-33-22-8-9-24-25(14-22)34-29(10-11-29)27(24)19(4)28(31)32/h5-9,12-14,19,27,30H,10-11,15H2,1-4H3,(H,31,32). The molecule has 1 fully saturated rings. The lowest BCUT2D eigenvalue weighted by atomic mass is 9.83. The summed E-state index contributed by atoms with van der Waals surface area (Å²) in [5, 5.41) is 19.5. The number of benzene rings is 3. The number of hydrogen-bond acceptors (Lipinski definition) is 4. The van der Waals surface area contributed by atoms with Crippen LogP contribution >= 0.6 is 0 Å². The SMILES string of the molecule is Cc1cc(O)cc(C)c1-c1cccc(COc2ccc3c(c2)OC2(CC2)C3C(C)C(=O)O)c1C. The van der Waals surface area contributed by atoms with Gasteiger partial charge in [0.1, 0.15) is 29.5 Å². The third-order valence-corrected chi connectivity index (χ3v) is 7.46. The van der Waals surface area contributed by atoms with Crippen LogP contribution in [0.4, 0.5) is 0 Å². The number of aliphatic carboxylic acids is 1. The van der Waals surface area contributed by atoms with E-state index in [1.807, 2.05) is 38.1 Å². The molecule has 2 unspecified atom stereocenters. The molecule has 34 heavy (non-hydrogen) atoms. The Bertz CT molecular complexity index is 1260. The van der Waals surface area contributed by atoms with Crippen LogP contribution in [0.2, 0.25) is 0 Å². The Balaban J connectivity index is 1.38. The fourth-order valence-electron chi connectivity index (χ4n) is 5.56. The van der Waals surface area contributed by atoms with E-state index in [0.29, 0.717) is 12.4 Å². The number of aryl methyl sites for hydroxylation is 2. The third kappa shape index (κ3) is 3.69. The molecule has 1 aliphatic heterocycles. The van der Waals surface area contributed by atoms with Gasteiger partial charge in [-0.3, -0.25) is 4.79 Å². The number of carboxylic acid groups (broad SMARTS) is 1. The number of phenols is 1. The second-order valence-corrected chi connectivity index (χ2v) is 9.80. The molecule has 1 heterocycles. The zero-order valence-corrected chi connectivity index (χ0v) is 20.0. The van der Waals surface area contributed by atoms with Crippen molar-refractivity contribution in [2.75, 3.05) is 0 Å². The Morgan fingerprint density at radius 2 is 1.82 bits per heavy atom. The van der Waals surface area contributed by atoms with E-state index in [4.69, 9.17) is 9.47 Å². The number of fused-ring (bicyclic) bond motifs is 1. The molecular formula is C29H30O5. The fraction of sp³-hybridized carbons (Fsp3) is 0.345. The molecule has 2 atom stereocenters. The lowest BCUT2D eigenvalue weighted by Crippen LogP contribution is -2.29. The number of carboxylic acids is 1. The molecule has 1 spiro atoms. The van der Waals surface area contributed by atoms with Gasteiger partial charge in [0.2, 0.25) is 0 Å². The monoisotopic (exact) mass is 458 g/mol. The van der Waals surface area contributed by atoms with Crippen LogP contribution in [0.15, 0.2) is 48.5 Å². The molecule has 3 aromatic carbocycles. The number of phenolic OH excluding ortho intramolecular Hbond substituents is 1. The number of carbonyl (C=O) groups is 1. The van der Waals surface area contributed by atoms with Gasteiger partial charge in [-0.05, 0) is 85.2 Å². The van der Waals surface area contributed by atoms with Gasteiger partial charge in [0.05, 0.1) is 5.92 Å². The normalized spacial score (nSPS) is 18.3. The first kappa shape index (κ1) is 22.3. The Morgan fingerprint density at radius 3 is 2.47 bits per heavy atom. The highest BCUT2D eigenvalue weighted by Crippen LogP contribution is 2.60. The quantitative estimate of drug-likeness (QED) is 0.454. The van der Waals surface area contributed by atoms with E-state index in [9.17, 15) is 15.0 Å². The smallest absolute Gasteiger partial charge is 0.306 e. The van der Waals surface area contributed by atoms with Gasteiger partial charge >= 0.3 is 5.97 Å². The van der Waals surface area contributed by atoms with E-state index in [1.54, 1.807) is 19.1 Å². The van der Waals surface area contributed by atoms with Crippen molar-refractivity contribution in [1.29, 1.82) is 0 Å². The maximum atomic E-state index is 11.7. The number of hydrogen-bond donors (Lipinski definition) is 2. The maximum absolute atomic E-state index is 11.7. The molecule has 2 aliphatic rings. The number of rotatable bonds is 6. The Labute approximate surface area is 200 Å². The summed E-state index contributed by atoms with van der Waals surface area (Å²) in [5.74, 6) is 0.330. The number of aromatic hydroxyl groups is 1. The van der Waals surface area contributed by atoms with E-state index < -0.39 is 11.9 Å². The summed E-state index contributed by atoms with van der Waals surface area (Å²) in [6, 6.07) is 15.6. The summed E-state index contributed by atoms with van der Waals surface area (Å²) in [6.45, 7) is 8.30. The minimum Gasteiger partial charge on any atom is -0.508 e. The van der Waals surface area contributed by atoms with Crippen LogP contribution in [0.25, 0.3) is 11.1 Å². The largest absolute Gasteiger partial charge is 0.508 e. The molecule has 5 nitrogen and oxygen atoms in total. The van der Waals surface area contributed by atoms with Crippen molar-refractivity contribution in [3.63, 3.8) is 0 Å². The van der Waals surface area contributed by atoms with Gasteiger partial charge in [0.25, 0.3) is 0 Å². The van der Waals surface area contributed by atoms with Crippen LogP contribution in [0.5, 0.6) is 17.2 Å². The highest BCUT2D eigenvalue weighted by atomic mass is 16.5. The van der Waals surface area contributed by atoms with Gasteiger partial charge in [-0.1, -0.05) is 31.2 Å². The molecule has 1 aliphatic carbocycles. The highest BCUT2D eigenvalue weighted by molar-refractivity contribution is 5.75. The average Bonchev–Trinajstić information content (AvgIpc) is 3.46. The third-order valence-electron chi connectivity index (χ3n) is 7.46. The maximum Gasteiger partial charge on any atom is 0.306 e. The minimum absolute atomic E-state index is 0.121. The predicted octanol–water partition coefficient (Wildman–Crippen LogP) is 6.29. The van der Waals surface area contributed by atoms with Crippen molar-refractivity contribution in [1.82, 2.24) is 0 Å². The van der Waals surface area contributed by atoms with Crippen molar-refractivity contribution < 1.29 is 24.5 Å². The minimum atomic E-state index is -0.789. The molecule has 0 aromatic heterocycles. The summed E-state index contributed by atoms with van der Waals surface area (Å²) in [5.41, 5.74) is 7.18.